The summed E-state index contributed by atoms with van der Waals surface area (Å²) in [6.07, 6.45) is 4.31. The second-order valence-electron chi connectivity index (χ2n) is 3.37. The van der Waals surface area contributed by atoms with Gasteiger partial charge in [0.1, 0.15) is 5.75 Å². The molecular formula is C13H11NO3. The second-order valence-corrected chi connectivity index (χ2v) is 3.37. The van der Waals surface area contributed by atoms with E-state index in [4.69, 9.17) is 4.42 Å². The van der Waals surface area contributed by atoms with Crippen LogP contribution in [0.15, 0.2) is 59.4 Å². The van der Waals surface area contributed by atoms with Gasteiger partial charge in [0.2, 0.25) is 5.78 Å². The maximum Gasteiger partial charge on any atom is 0.222 e. The summed E-state index contributed by atoms with van der Waals surface area (Å²) in [6, 6.07) is 9.87. The van der Waals surface area contributed by atoms with Gasteiger partial charge in [-0.2, -0.15) is 0 Å². The SMILES string of the molecule is O=C(/C=C/Nc1cccc(O)c1)c1ccco1. The summed E-state index contributed by atoms with van der Waals surface area (Å²) in [6.45, 7) is 0. The van der Waals surface area contributed by atoms with Gasteiger partial charge in [-0.05, 0) is 24.3 Å². The number of hydrogen-bond donors (Lipinski definition) is 2. The maximum absolute atomic E-state index is 11.5. The van der Waals surface area contributed by atoms with E-state index in [1.54, 1.807) is 36.4 Å². The van der Waals surface area contributed by atoms with Crippen LogP contribution in [0.4, 0.5) is 5.69 Å². The lowest BCUT2D eigenvalue weighted by Crippen LogP contribution is -1.94. The Labute approximate surface area is 98.2 Å². The van der Waals surface area contributed by atoms with Crippen molar-refractivity contribution in [2.75, 3.05) is 5.32 Å². The van der Waals surface area contributed by atoms with E-state index in [0.717, 1.165) is 0 Å². The highest BCUT2D eigenvalue weighted by atomic mass is 16.3. The predicted octanol–water partition coefficient (Wildman–Crippen LogP) is 2.79. The molecule has 86 valence electrons. The molecule has 0 aliphatic heterocycles. The Morgan fingerprint density at radius 3 is 2.88 bits per heavy atom. The van der Waals surface area contributed by atoms with E-state index >= 15 is 0 Å². The van der Waals surface area contributed by atoms with E-state index in [1.807, 2.05) is 0 Å². The molecule has 0 fully saturated rings. The van der Waals surface area contributed by atoms with Gasteiger partial charge >= 0.3 is 0 Å². The minimum Gasteiger partial charge on any atom is -0.508 e. The smallest absolute Gasteiger partial charge is 0.222 e. The number of phenols is 1. The summed E-state index contributed by atoms with van der Waals surface area (Å²) >= 11 is 0. The molecule has 0 aliphatic rings. The van der Waals surface area contributed by atoms with Crippen LogP contribution in [-0.4, -0.2) is 10.9 Å². The summed E-state index contributed by atoms with van der Waals surface area (Å²) in [7, 11) is 0. The van der Waals surface area contributed by atoms with Crippen LogP contribution >= 0.6 is 0 Å². The van der Waals surface area contributed by atoms with Crippen LogP contribution in [-0.2, 0) is 0 Å². The van der Waals surface area contributed by atoms with E-state index < -0.39 is 0 Å². The summed E-state index contributed by atoms with van der Waals surface area (Å²) in [5.41, 5.74) is 0.702. The first-order valence-corrected chi connectivity index (χ1v) is 5.05. The second kappa shape index (κ2) is 5.03. The first-order valence-electron chi connectivity index (χ1n) is 5.05. The molecule has 1 aromatic carbocycles. The van der Waals surface area contributed by atoms with Crippen molar-refractivity contribution in [1.29, 1.82) is 0 Å². The van der Waals surface area contributed by atoms with Gasteiger partial charge in [0.25, 0.3) is 0 Å². The minimum absolute atomic E-state index is 0.167. The summed E-state index contributed by atoms with van der Waals surface area (Å²) in [5, 5.41) is 12.1. The highest BCUT2D eigenvalue weighted by molar-refractivity contribution is 6.02. The average Bonchev–Trinajstić information content (AvgIpc) is 2.82. The molecule has 4 nitrogen and oxygen atoms in total. The number of carbonyl (C=O) groups is 1. The molecule has 0 aliphatic carbocycles. The Morgan fingerprint density at radius 2 is 2.18 bits per heavy atom. The van der Waals surface area contributed by atoms with Crippen molar-refractivity contribution in [2.45, 2.75) is 0 Å². The maximum atomic E-state index is 11.5. The van der Waals surface area contributed by atoms with E-state index in [1.165, 1.54) is 18.5 Å². The standard InChI is InChI=1S/C13H11NO3/c15-11-4-1-3-10(9-11)14-7-6-12(16)13-5-2-8-17-13/h1-9,14-15H/b7-6+. The summed E-state index contributed by atoms with van der Waals surface area (Å²) in [5.74, 6) is 0.238. The molecule has 4 heteroatoms. The fourth-order valence-corrected chi connectivity index (χ4v) is 1.31. The van der Waals surface area contributed by atoms with Crippen molar-refractivity contribution in [3.8, 4) is 5.75 Å². The van der Waals surface area contributed by atoms with Gasteiger partial charge in [-0.1, -0.05) is 6.07 Å². The number of nitrogens with one attached hydrogen (secondary N) is 1. The normalized spacial score (nSPS) is 10.6. The first kappa shape index (κ1) is 11.0. The lowest BCUT2D eigenvalue weighted by molar-refractivity contribution is 0.102. The largest absolute Gasteiger partial charge is 0.508 e. The predicted molar refractivity (Wildman–Crippen MR) is 63.9 cm³/mol. The van der Waals surface area contributed by atoms with E-state index in [-0.39, 0.29) is 11.5 Å². The number of ketones is 1. The zero-order valence-electron chi connectivity index (χ0n) is 8.96. The third-order valence-electron chi connectivity index (χ3n) is 2.09. The lowest BCUT2D eigenvalue weighted by atomic mass is 10.3. The minimum atomic E-state index is -0.220. The number of aromatic hydroxyl groups is 1. The van der Waals surface area contributed by atoms with Gasteiger partial charge in [0, 0.05) is 24.0 Å². The van der Waals surface area contributed by atoms with E-state index in [9.17, 15) is 9.90 Å². The number of allylic oxidation sites excluding steroid dienone is 1. The number of hydrogen-bond acceptors (Lipinski definition) is 4. The van der Waals surface area contributed by atoms with Crippen LogP contribution in [0.1, 0.15) is 10.6 Å². The number of benzene rings is 1. The third kappa shape index (κ3) is 2.98. The van der Waals surface area contributed by atoms with Crippen LogP contribution in [0.3, 0.4) is 0 Å². The van der Waals surface area contributed by atoms with Crippen molar-refractivity contribution >= 4 is 11.5 Å². The molecule has 0 saturated heterocycles. The van der Waals surface area contributed by atoms with Crippen LogP contribution in [0.2, 0.25) is 0 Å². The van der Waals surface area contributed by atoms with Gasteiger partial charge in [0.15, 0.2) is 5.76 Å². The van der Waals surface area contributed by atoms with Crippen molar-refractivity contribution in [3.63, 3.8) is 0 Å². The fourth-order valence-electron chi connectivity index (χ4n) is 1.31. The highest BCUT2D eigenvalue weighted by Crippen LogP contribution is 2.15. The molecule has 0 amide bonds. The molecule has 0 atom stereocenters. The van der Waals surface area contributed by atoms with Crippen LogP contribution < -0.4 is 5.32 Å². The molecule has 0 saturated carbocycles. The van der Waals surface area contributed by atoms with Crippen molar-refractivity contribution in [1.82, 2.24) is 0 Å². The number of phenolic OH excluding ortho intramolecular Hbond substituents is 1. The zero-order chi connectivity index (χ0) is 12.1. The van der Waals surface area contributed by atoms with E-state index in [0.29, 0.717) is 11.4 Å². The van der Waals surface area contributed by atoms with Gasteiger partial charge in [-0.25, -0.2) is 0 Å². The van der Waals surface area contributed by atoms with Crippen LogP contribution in [0.25, 0.3) is 0 Å². The van der Waals surface area contributed by atoms with Crippen molar-refractivity contribution in [2.24, 2.45) is 0 Å². The van der Waals surface area contributed by atoms with Gasteiger partial charge in [-0.15, -0.1) is 0 Å². The average molecular weight is 229 g/mol. The molecule has 0 spiro atoms. The lowest BCUT2D eigenvalue weighted by Gasteiger charge is -2.00. The molecule has 2 aromatic rings. The number of rotatable bonds is 4. The van der Waals surface area contributed by atoms with Gasteiger partial charge < -0.3 is 14.8 Å². The highest BCUT2D eigenvalue weighted by Gasteiger charge is 2.02. The molecule has 2 rings (SSSR count). The number of furan rings is 1. The van der Waals surface area contributed by atoms with Crippen molar-refractivity contribution in [3.05, 3.63) is 60.7 Å². The summed E-state index contributed by atoms with van der Waals surface area (Å²) < 4.78 is 4.95. The quantitative estimate of drug-likeness (QED) is 0.625. The first-order chi connectivity index (χ1) is 8.25. The molecule has 1 heterocycles. The Balaban J connectivity index is 1.96. The van der Waals surface area contributed by atoms with Gasteiger partial charge in [0.05, 0.1) is 6.26 Å². The van der Waals surface area contributed by atoms with Gasteiger partial charge in [-0.3, -0.25) is 4.79 Å². The zero-order valence-corrected chi connectivity index (χ0v) is 8.96. The fraction of sp³-hybridized carbons (Fsp3) is 0. The molecule has 2 N–H and O–H groups in total. The monoisotopic (exact) mass is 229 g/mol. The Morgan fingerprint density at radius 1 is 1.29 bits per heavy atom. The third-order valence-corrected chi connectivity index (χ3v) is 2.09. The molecule has 0 radical (unpaired) electrons. The van der Waals surface area contributed by atoms with E-state index in [2.05, 4.69) is 5.32 Å². The number of carbonyl (C=O) groups excluding carboxylic acids is 1. The van der Waals surface area contributed by atoms with Crippen molar-refractivity contribution < 1.29 is 14.3 Å². The molecule has 0 bridgehead atoms. The van der Waals surface area contributed by atoms with Crippen LogP contribution in [0, 0.1) is 0 Å². The molecular weight excluding hydrogens is 218 g/mol. The molecule has 0 unspecified atom stereocenters. The number of anilines is 1. The molecule has 1 aromatic heterocycles. The summed E-state index contributed by atoms with van der Waals surface area (Å²) in [4.78, 5) is 11.5. The molecule has 17 heavy (non-hydrogen) atoms. The Hall–Kier alpha value is -2.49. The Bertz CT molecular complexity index is 529. The Kier molecular flexibility index (Phi) is 3.25. The van der Waals surface area contributed by atoms with Crippen LogP contribution in [0.5, 0.6) is 5.75 Å². The topological polar surface area (TPSA) is 62.5 Å².